The van der Waals surface area contributed by atoms with Crippen molar-refractivity contribution in [2.75, 3.05) is 17.9 Å². The SMILES string of the molecule is COc1c(NN)ncnc1Nc1c(C)cccc1Cl. The molecule has 1 aromatic carbocycles. The van der Waals surface area contributed by atoms with Gasteiger partial charge < -0.3 is 15.5 Å². The summed E-state index contributed by atoms with van der Waals surface area (Å²) in [5.74, 6) is 6.68. The van der Waals surface area contributed by atoms with Crippen molar-refractivity contribution in [3.8, 4) is 5.75 Å². The normalized spacial score (nSPS) is 10.1. The first-order chi connectivity index (χ1) is 9.17. The van der Waals surface area contributed by atoms with Gasteiger partial charge in [0.05, 0.1) is 17.8 Å². The fraction of sp³-hybridized carbons (Fsp3) is 0.167. The Morgan fingerprint density at radius 2 is 2.00 bits per heavy atom. The Morgan fingerprint density at radius 1 is 1.26 bits per heavy atom. The van der Waals surface area contributed by atoms with E-state index in [9.17, 15) is 0 Å². The number of hydrogen-bond donors (Lipinski definition) is 3. The second-order valence-corrected chi connectivity index (χ2v) is 4.21. The predicted octanol–water partition coefficient (Wildman–Crippen LogP) is 2.48. The molecule has 0 unspecified atom stereocenters. The molecule has 1 heterocycles. The molecule has 0 saturated carbocycles. The van der Waals surface area contributed by atoms with E-state index in [0.29, 0.717) is 22.4 Å². The summed E-state index contributed by atoms with van der Waals surface area (Å²) >= 11 is 6.16. The van der Waals surface area contributed by atoms with Crippen molar-refractivity contribution in [2.45, 2.75) is 6.92 Å². The van der Waals surface area contributed by atoms with Crippen LogP contribution >= 0.6 is 11.6 Å². The molecule has 0 atom stereocenters. The lowest BCUT2D eigenvalue weighted by Gasteiger charge is -2.14. The first kappa shape index (κ1) is 13.4. The lowest BCUT2D eigenvalue weighted by atomic mass is 10.2. The third-order valence-corrected chi connectivity index (χ3v) is 2.92. The molecule has 2 aromatic rings. The van der Waals surface area contributed by atoms with Crippen LogP contribution < -0.4 is 21.3 Å². The topological polar surface area (TPSA) is 85.1 Å². The molecular formula is C12H14ClN5O. The largest absolute Gasteiger partial charge is 0.490 e. The summed E-state index contributed by atoms with van der Waals surface area (Å²) in [5, 5.41) is 3.73. The average Bonchev–Trinajstić information content (AvgIpc) is 2.42. The van der Waals surface area contributed by atoms with Crippen molar-refractivity contribution in [3.63, 3.8) is 0 Å². The molecule has 0 aliphatic carbocycles. The summed E-state index contributed by atoms with van der Waals surface area (Å²) in [6.45, 7) is 1.95. The molecule has 2 rings (SSSR count). The zero-order chi connectivity index (χ0) is 13.8. The number of hydrogen-bond acceptors (Lipinski definition) is 6. The number of rotatable bonds is 4. The molecule has 7 heteroatoms. The number of nitrogens with two attached hydrogens (primary N) is 1. The highest BCUT2D eigenvalue weighted by atomic mass is 35.5. The van der Waals surface area contributed by atoms with Crippen LogP contribution in [0, 0.1) is 6.92 Å². The fourth-order valence-electron chi connectivity index (χ4n) is 1.67. The number of hydrazine groups is 1. The van der Waals surface area contributed by atoms with Crippen LogP contribution in [0.25, 0.3) is 0 Å². The molecule has 0 bridgehead atoms. The number of halogens is 1. The van der Waals surface area contributed by atoms with E-state index < -0.39 is 0 Å². The minimum atomic E-state index is 0.393. The highest BCUT2D eigenvalue weighted by Gasteiger charge is 2.13. The van der Waals surface area contributed by atoms with Crippen LogP contribution in [0.2, 0.25) is 5.02 Å². The van der Waals surface area contributed by atoms with Gasteiger partial charge in [-0.1, -0.05) is 23.7 Å². The zero-order valence-corrected chi connectivity index (χ0v) is 11.3. The number of nitrogen functional groups attached to an aromatic ring is 1. The van der Waals surface area contributed by atoms with Gasteiger partial charge in [-0.15, -0.1) is 0 Å². The summed E-state index contributed by atoms with van der Waals surface area (Å²) in [6, 6.07) is 5.63. The number of ether oxygens (including phenoxy) is 1. The first-order valence-corrected chi connectivity index (χ1v) is 5.93. The lowest BCUT2D eigenvalue weighted by molar-refractivity contribution is 0.415. The highest BCUT2D eigenvalue weighted by Crippen LogP contribution is 2.34. The third-order valence-electron chi connectivity index (χ3n) is 2.61. The van der Waals surface area contributed by atoms with Crippen molar-refractivity contribution in [1.29, 1.82) is 0 Å². The standard InChI is InChI=1S/C12H14ClN5O/c1-7-4-3-5-8(13)9(7)17-11-10(19-2)12(18-14)16-6-15-11/h3-6H,14H2,1-2H3,(H2,15,16,17,18). The molecule has 0 fully saturated rings. The molecule has 1 aromatic heterocycles. The minimum absolute atomic E-state index is 0.393. The van der Waals surface area contributed by atoms with Crippen LogP contribution in [0.3, 0.4) is 0 Å². The van der Waals surface area contributed by atoms with Crippen LogP contribution in [0.1, 0.15) is 5.56 Å². The molecule has 100 valence electrons. The number of para-hydroxylation sites is 1. The van der Waals surface area contributed by atoms with Crippen molar-refractivity contribution in [3.05, 3.63) is 35.1 Å². The lowest BCUT2D eigenvalue weighted by Crippen LogP contribution is -2.11. The highest BCUT2D eigenvalue weighted by molar-refractivity contribution is 6.33. The van der Waals surface area contributed by atoms with E-state index >= 15 is 0 Å². The van der Waals surface area contributed by atoms with Gasteiger partial charge in [-0.3, -0.25) is 0 Å². The van der Waals surface area contributed by atoms with Gasteiger partial charge in [0.25, 0.3) is 0 Å². The number of aryl methyl sites for hydroxylation is 1. The summed E-state index contributed by atoms with van der Waals surface area (Å²) in [4.78, 5) is 8.10. The number of methoxy groups -OCH3 is 1. The molecular weight excluding hydrogens is 266 g/mol. The maximum atomic E-state index is 6.16. The maximum Gasteiger partial charge on any atom is 0.205 e. The van der Waals surface area contributed by atoms with E-state index in [1.54, 1.807) is 6.07 Å². The molecule has 6 nitrogen and oxygen atoms in total. The molecule has 0 amide bonds. The van der Waals surface area contributed by atoms with Crippen molar-refractivity contribution < 1.29 is 4.74 Å². The second-order valence-electron chi connectivity index (χ2n) is 3.81. The minimum Gasteiger partial charge on any atom is -0.490 e. The van der Waals surface area contributed by atoms with Crippen LogP contribution in [0.15, 0.2) is 24.5 Å². The number of anilines is 3. The van der Waals surface area contributed by atoms with E-state index in [1.165, 1.54) is 13.4 Å². The quantitative estimate of drug-likeness (QED) is 0.589. The third kappa shape index (κ3) is 2.69. The molecule has 4 N–H and O–H groups in total. The van der Waals surface area contributed by atoms with Gasteiger partial charge >= 0.3 is 0 Å². The van der Waals surface area contributed by atoms with Crippen molar-refractivity contribution >= 4 is 28.9 Å². The zero-order valence-electron chi connectivity index (χ0n) is 10.6. The van der Waals surface area contributed by atoms with Crippen LogP contribution in [-0.4, -0.2) is 17.1 Å². The van der Waals surface area contributed by atoms with Crippen molar-refractivity contribution in [2.24, 2.45) is 5.84 Å². The molecule has 19 heavy (non-hydrogen) atoms. The van der Waals surface area contributed by atoms with E-state index in [-0.39, 0.29) is 0 Å². The predicted molar refractivity (Wildman–Crippen MR) is 75.9 cm³/mol. The van der Waals surface area contributed by atoms with E-state index in [1.807, 2.05) is 19.1 Å². The van der Waals surface area contributed by atoms with Gasteiger partial charge in [0.1, 0.15) is 6.33 Å². The molecule has 0 aliphatic heterocycles. The smallest absolute Gasteiger partial charge is 0.205 e. The molecule has 0 saturated heterocycles. The van der Waals surface area contributed by atoms with Gasteiger partial charge in [0.2, 0.25) is 5.75 Å². The Balaban J connectivity index is 2.44. The Labute approximate surface area is 115 Å². The summed E-state index contributed by atoms with van der Waals surface area (Å²) < 4.78 is 5.25. The van der Waals surface area contributed by atoms with Crippen LogP contribution in [0.4, 0.5) is 17.3 Å². The van der Waals surface area contributed by atoms with E-state index in [0.717, 1.165) is 11.3 Å². The number of aromatic nitrogens is 2. The Hall–Kier alpha value is -2.05. The monoisotopic (exact) mass is 279 g/mol. The number of benzene rings is 1. The molecule has 0 aliphatic rings. The molecule has 0 spiro atoms. The van der Waals surface area contributed by atoms with Gasteiger partial charge in [-0.05, 0) is 18.6 Å². The van der Waals surface area contributed by atoms with E-state index in [4.69, 9.17) is 22.2 Å². The average molecular weight is 280 g/mol. The van der Waals surface area contributed by atoms with Gasteiger partial charge in [0.15, 0.2) is 11.6 Å². The molecule has 0 radical (unpaired) electrons. The summed E-state index contributed by atoms with van der Waals surface area (Å²) in [7, 11) is 1.52. The van der Waals surface area contributed by atoms with Gasteiger partial charge in [-0.25, -0.2) is 15.8 Å². The number of nitrogens with one attached hydrogen (secondary N) is 2. The first-order valence-electron chi connectivity index (χ1n) is 5.55. The van der Waals surface area contributed by atoms with Crippen LogP contribution in [-0.2, 0) is 0 Å². The van der Waals surface area contributed by atoms with Gasteiger partial charge in [-0.2, -0.15) is 0 Å². The van der Waals surface area contributed by atoms with E-state index in [2.05, 4.69) is 20.7 Å². The Bertz CT molecular complexity index is 570. The Kier molecular flexibility index (Phi) is 4.03. The van der Waals surface area contributed by atoms with Crippen molar-refractivity contribution in [1.82, 2.24) is 9.97 Å². The second kappa shape index (κ2) is 5.73. The summed E-state index contributed by atoms with van der Waals surface area (Å²) in [6.07, 6.45) is 1.38. The summed E-state index contributed by atoms with van der Waals surface area (Å²) in [5.41, 5.74) is 4.22. The van der Waals surface area contributed by atoms with Gasteiger partial charge in [0, 0.05) is 0 Å². The number of nitrogens with zero attached hydrogens (tertiary/aromatic N) is 2. The fourth-order valence-corrected chi connectivity index (χ4v) is 1.94. The Morgan fingerprint density at radius 3 is 2.63 bits per heavy atom. The van der Waals surface area contributed by atoms with Crippen LogP contribution in [0.5, 0.6) is 5.75 Å². The maximum absolute atomic E-state index is 6.16.